The smallest absolute Gasteiger partial charge is 0.336 e. The van der Waals surface area contributed by atoms with Gasteiger partial charge in [0.25, 0.3) is 0 Å². The van der Waals surface area contributed by atoms with E-state index in [0.717, 1.165) is 0 Å². The second kappa shape index (κ2) is 3.74. The van der Waals surface area contributed by atoms with E-state index in [-0.39, 0.29) is 20.6 Å². The lowest BCUT2D eigenvalue weighted by molar-refractivity contribution is 0.0696. The minimum Gasteiger partial charge on any atom is -0.478 e. The van der Waals surface area contributed by atoms with Gasteiger partial charge in [-0.15, -0.1) is 0 Å². The van der Waals surface area contributed by atoms with Crippen molar-refractivity contribution in [1.82, 2.24) is 0 Å². The van der Waals surface area contributed by atoms with E-state index in [1.165, 1.54) is 6.07 Å². The van der Waals surface area contributed by atoms with Gasteiger partial charge >= 0.3 is 5.97 Å². The molecule has 0 unspecified atom stereocenters. The van der Waals surface area contributed by atoms with Crippen molar-refractivity contribution in [3.05, 3.63) is 32.3 Å². The molecule has 13 heavy (non-hydrogen) atoms. The molecule has 0 atom stereocenters. The molecule has 0 aliphatic heterocycles. The summed E-state index contributed by atoms with van der Waals surface area (Å²) >= 11 is 17.1. The zero-order chi connectivity index (χ0) is 10.2. The molecule has 1 aromatic rings. The lowest BCUT2D eigenvalue weighted by Gasteiger charge is -2.06. The largest absolute Gasteiger partial charge is 0.478 e. The lowest BCUT2D eigenvalue weighted by atomic mass is 10.1. The van der Waals surface area contributed by atoms with Gasteiger partial charge in [0.15, 0.2) is 0 Å². The maximum absolute atomic E-state index is 10.7. The monoisotopic (exact) mass is 238 g/mol. The SMILES string of the molecule is Cc1c(C(=O)O)cc(Cl)c(Cl)c1Cl. The molecule has 0 saturated carbocycles. The second-order valence-electron chi connectivity index (χ2n) is 2.46. The number of benzene rings is 1. The van der Waals surface area contributed by atoms with Crippen LogP contribution >= 0.6 is 34.8 Å². The second-order valence-corrected chi connectivity index (χ2v) is 3.63. The molecule has 0 aliphatic rings. The molecule has 0 radical (unpaired) electrons. The third kappa shape index (κ3) is 1.90. The summed E-state index contributed by atoms with van der Waals surface area (Å²) in [6.07, 6.45) is 0. The standard InChI is InChI=1S/C8H5Cl3O2/c1-3-4(8(12)13)2-5(9)7(11)6(3)10/h2H,1H3,(H,12,13). The van der Waals surface area contributed by atoms with E-state index < -0.39 is 5.97 Å². The Balaban J connectivity index is 3.50. The van der Waals surface area contributed by atoms with Crippen LogP contribution in [-0.2, 0) is 0 Å². The summed E-state index contributed by atoms with van der Waals surface area (Å²) in [5, 5.41) is 9.27. The van der Waals surface area contributed by atoms with Gasteiger partial charge in [-0.05, 0) is 18.6 Å². The van der Waals surface area contributed by atoms with Crippen LogP contribution in [0.1, 0.15) is 15.9 Å². The number of hydrogen-bond acceptors (Lipinski definition) is 1. The van der Waals surface area contributed by atoms with Crippen molar-refractivity contribution in [2.45, 2.75) is 6.92 Å². The molecule has 1 N–H and O–H groups in total. The maximum Gasteiger partial charge on any atom is 0.336 e. The van der Waals surface area contributed by atoms with Gasteiger partial charge in [-0.2, -0.15) is 0 Å². The van der Waals surface area contributed by atoms with Gasteiger partial charge in [-0.3, -0.25) is 0 Å². The average molecular weight is 239 g/mol. The third-order valence-electron chi connectivity index (χ3n) is 1.64. The van der Waals surface area contributed by atoms with Crippen LogP contribution in [0.25, 0.3) is 0 Å². The summed E-state index contributed by atoms with van der Waals surface area (Å²) in [5.74, 6) is -1.07. The van der Waals surface area contributed by atoms with E-state index in [9.17, 15) is 4.79 Å². The van der Waals surface area contributed by atoms with E-state index in [0.29, 0.717) is 5.56 Å². The molecule has 0 aromatic heterocycles. The Morgan fingerprint density at radius 3 is 2.31 bits per heavy atom. The summed E-state index contributed by atoms with van der Waals surface area (Å²) in [4.78, 5) is 10.7. The molecule has 1 rings (SSSR count). The fourth-order valence-electron chi connectivity index (χ4n) is 0.908. The average Bonchev–Trinajstić information content (AvgIpc) is 2.07. The summed E-state index contributed by atoms with van der Waals surface area (Å²) in [6, 6.07) is 1.29. The highest BCUT2D eigenvalue weighted by Gasteiger charge is 2.15. The van der Waals surface area contributed by atoms with Crippen molar-refractivity contribution in [3.8, 4) is 0 Å². The molecule has 70 valence electrons. The van der Waals surface area contributed by atoms with Crippen molar-refractivity contribution in [3.63, 3.8) is 0 Å². The Bertz CT molecular complexity index is 374. The fourth-order valence-corrected chi connectivity index (χ4v) is 1.56. The van der Waals surface area contributed by atoms with Crippen LogP contribution in [0.2, 0.25) is 15.1 Å². The third-order valence-corrected chi connectivity index (χ3v) is 2.99. The number of carboxylic acids is 1. The van der Waals surface area contributed by atoms with E-state index in [2.05, 4.69) is 0 Å². The number of carboxylic acid groups (broad SMARTS) is 1. The zero-order valence-corrected chi connectivity index (χ0v) is 8.83. The highest BCUT2D eigenvalue weighted by Crippen LogP contribution is 2.34. The normalized spacial score (nSPS) is 10.2. The van der Waals surface area contributed by atoms with Gasteiger partial charge in [-0.1, -0.05) is 34.8 Å². The number of hydrogen-bond donors (Lipinski definition) is 1. The van der Waals surface area contributed by atoms with Gasteiger partial charge in [0, 0.05) is 0 Å². The molecule has 0 saturated heterocycles. The first kappa shape index (κ1) is 10.6. The molecule has 0 bridgehead atoms. The molecule has 5 heteroatoms. The topological polar surface area (TPSA) is 37.3 Å². The van der Waals surface area contributed by atoms with Crippen LogP contribution in [0, 0.1) is 6.92 Å². The summed E-state index contributed by atoms with van der Waals surface area (Å²) < 4.78 is 0. The van der Waals surface area contributed by atoms with Gasteiger partial charge < -0.3 is 5.11 Å². The van der Waals surface area contributed by atoms with Crippen LogP contribution in [0.4, 0.5) is 0 Å². The number of carbonyl (C=O) groups is 1. The quantitative estimate of drug-likeness (QED) is 0.760. The molecule has 0 spiro atoms. The minimum atomic E-state index is -1.07. The van der Waals surface area contributed by atoms with E-state index >= 15 is 0 Å². The van der Waals surface area contributed by atoms with Gasteiger partial charge in [0.1, 0.15) is 0 Å². The Hall–Kier alpha value is -0.440. The number of halogens is 3. The molecule has 0 amide bonds. The van der Waals surface area contributed by atoms with E-state index in [4.69, 9.17) is 39.9 Å². The van der Waals surface area contributed by atoms with Gasteiger partial charge in [0.2, 0.25) is 0 Å². The molecule has 0 aliphatic carbocycles. The molecular formula is C8H5Cl3O2. The van der Waals surface area contributed by atoms with Gasteiger partial charge in [0.05, 0.1) is 20.6 Å². The Morgan fingerprint density at radius 1 is 1.31 bits per heavy atom. The lowest BCUT2D eigenvalue weighted by Crippen LogP contribution is -2.00. The predicted molar refractivity (Wildman–Crippen MR) is 53.2 cm³/mol. The highest BCUT2D eigenvalue weighted by molar-refractivity contribution is 6.48. The van der Waals surface area contributed by atoms with Crippen molar-refractivity contribution in [1.29, 1.82) is 0 Å². The highest BCUT2D eigenvalue weighted by atomic mass is 35.5. The summed E-state index contributed by atoms with van der Waals surface area (Å²) in [6.45, 7) is 1.58. The first-order valence-electron chi connectivity index (χ1n) is 3.32. The Kier molecular flexibility index (Phi) is 3.06. The van der Waals surface area contributed by atoms with Crippen LogP contribution in [0.15, 0.2) is 6.07 Å². The zero-order valence-electron chi connectivity index (χ0n) is 6.57. The molecule has 0 fully saturated rings. The van der Waals surface area contributed by atoms with Crippen LogP contribution in [0.5, 0.6) is 0 Å². The molecule has 0 heterocycles. The van der Waals surface area contributed by atoms with Crippen LogP contribution in [-0.4, -0.2) is 11.1 Å². The van der Waals surface area contributed by atoms with E-state index in [1.54, 1.807) is 6.92 Å². The molecular weight excluding hydrogens is 234 g/mol. The van der Waals surface area contributed by atoms with Crippen molar-refractivity contribution in [2.75, 3.05) is 0 Å². The minimum absolute atomic E-state index is 0.0689. The number of aromatic carboxylic acids is 1. The number of rotatable bonds is 1. The first-order valence-corrected chi connectivity index (χ1v) is 4.46. The molecule has 2 nitrogen and oxygen atoms in total. The maximum atomic E-state index is 10.7. The van der Waals surface area contributed by atoms with Gasteiger partial charge in [-0.25, -0.2) is 4.79 Å². The Labute approximate surface area is 90.0 Å². The summed E-state index contributed by atoms with van der Waals surface area (Å²) in [5.41, 5.74) is 0.489. The van der Waals surface area contributed by atoms with E-state index in [1.807, 2.05) is 0 Å². The Morgan fingerprint density at radius 2 is 1.85 bits per heavy atom. The van der Waals surface area contributed by atoms with Crippen LogP contribution < -0.4 is 0 Å². The predicted octanol–water partition coefficient (Wildman–Crippen LogP) is 3.65. The van der Waals surface area contributed by atoms with Crippen molar-refractivity contribution in [2.24, 2.45) is 0 Å². The van der Waals surface area contributed by atoms with Crippen molar-refractivity contribution < 1.29 is 9.90 Å². The van der Waals surface area contributed by atoms with Crippen molar-refractivity contribution >= 4 is 40.8 Å². The molecule has 1 aromatic carbocycles. The fraction of sp³-hybridized carbons (Fsp3) is 0.125. The summed E-state index contributed by atoms with van der Waals surface area (Å²) in [7, 11) is 0. The first-order chi connectivity index (χ1) is 5.95. The van der Waals surface area contributed by atoms with Crippen LogP contribution in [0.3, 0.4) is 0 Å².